The number of nitrogens with one attached hydrogen (secondary N) is 1. The maximum Gasteiger partial charge on any atom is 0.0946 e. The topological polar surface area (TPSA) is 29.9 Å². The summed E-state index contributed by atoms with van der Waals surface area (Å²) in [5, 5.41) is 3.23. The third-order valence-electron chi connectivity index (χ3n) is 1.97. The van der Waals surface area contributed by atoms with Gasteiger partial charge in [-0.1, -0.05) is 6.92 Å². The molecule has 0 saturated carbocycles. The van der Waals surface area contributed by atoms with Gasteiger partial charge in [0.05, 0.1) is 12.0 Å². The minimum atomic E-state index is 0.433. The summed E-state index contributed by atoms with van der Waals surface area (Å²) >= 11 is 0. The molecule has 0 aromatic carbocycles. The first-order valence-corrected chi connectivity index (χ1v) is 3.93. The molecule has 0 aliphatic carbocycles. The van der Waals surface area contributed by atoms with Crippen molar-refractivity contribution in [1.29, 1.82) is 0 Å². The number of aryl methyl sites for hydroxylation is 1. The van der Waals surface area contributed by atoms with E-state index in [-0.39, 0.29) is 0 Å². The zero-order valence-corrected chi connectivity index (χ0v) is 7.33. The van der Waals surface area contributed by atoms with Gasteiger partial charge >= 0.3 is 0 Å². The maximum absolute atomic E-state index is 4.06. The Balaban J connectivity index is 2.81. The van der Waals surface area contributed by atoms with E-state index in [9.17, 15) is 0 Å². The van der Waals surface area contributed by atoms with E-state index in [0.29, 0.717) is 6.04 Å². The average molecular weight is 153 g/mol. The van der Waals surface area contributed by atoms with Crippen LogP contribution in [-0.4, -0.2) is 16.6 Å². The van der Waals surface area contributed by atoms with Gasteiger partial charge in [-0.3, -0.25) is 0 Å². The summed E-state index contributed by atoms with van der Waals surface area (Å²) in [4.78, 5) is 4.06. The van der Waals surface area contributed by atoms with Gasteiger partial charge in [-0.15, -0.1) is 0 Å². The van der Waals surface area contributed by atoms with E-state index in [0.717, 1.165) is 6.42 Å². The molecular weight excluding hydrogens is 138 g/mol. The number of aromatic nitrogens is 2. The standard InChI is InChI=1S/C8H15N3/c1-4-7(9-2)8-5-10-6-11(8)3/h5-7,9H,4H2,1-3H3. The van der Waals surface area contributed by atoms with Crippen LogP contribution in [0, 0.1) is 0 Å². The molecule has 0 amide bonds. The van der Waals surface area contributed by atoms with Gasteiger partial charge in [-0.25, -0.2) is 4.98 Å². The highest BCUT2D eigenvalue weighted by molar-refractivity contribution is 5.03. The van der Waals surface area contributed by atoms with Crippen LogP contribution in [0.15, 0.2) is 12.5 Å². The molecule has 1 N–H and O–H groups in total. The molecule has 1 heterocycles. The highest BCUT2D eigenvalue weighted by Gasteiger charge is 2.08. The fraction of sp³-hybridized carbons (Fsp3) is 0.625. The van der Waals surface area contributed by atoms with Crippen LogP contribution in [0.5, 0.6) is 0 Å². The summed E-state index contributed by atoms with van der Waals surface area (Å²) in [7, 11) is 3.99. The molecule has 1 rings (SSSR count). The number of hydrogen-bond acceptors (Lipinski definition) is 2. The third-order valence-corrected chi connectivity index (χ3v) is 1.97. The van der Waals surface area contributed by atoms with Crippen molar-refractivity contribution < 1.29 is 0 Å². The van der Waals surface area contributed by atoms with Gasteiger partial charge in [-0.2, -0.15) is 0 Å². The van der Waals surface area contributed by atoms with Crippen molar-refractivity contribution in [3.63, 3.8) is 0 Å². The van der Waals surface area contributed by atoms with Crippen LogP contribution >= 0.6 is 0 Å². The Bertz CT molecular complexity index is 213. The van der Waals surface area contributed by atoms with Crippen LogP contribution in [0.1, 0.15) is 25.1 Å². The largest absolute Gasteiger partial charge is 0.336 e. The zero-order chi connectivity index (χ0) is 8.27. The molecule has 0 fully saturated rings. The van der Waals surface area contributed by atoms with E-state index in [1.807, 2.05) is 31.2 Å². The molecule has 0 bridgehead atoms. The van der Waals surface area contributed by atoms with E-state index in [1.54, 1.807) is 0 Å². The molecule has 3 heteroatoms. The summed E-state index contributed by atoms with van der Waals surface area (Å²) < 4.78 is 2.05. The van der Waals surface area contributed by atoms with Crippen molar-refractivity contribution in [3.8, 4) is 0 Å². The Hall–Kier alpha value is -0.830. The first-order chi connectivity index (χ1) is 5.29. The SMILES string of the molecule is CCC(NC)c1cncn1C. The summed E-state index contributed by atoms with van der Waals surface area (Å²) in [5.74, 6) is 0. The van der Waals surface area contributed by atoms with Crippen LogP contribution < -0.4 is 5.32 Å². The molecule has 0 spiro atoms. The minimum absolute atomic E-state index is 0.433. The number of hydrogen-bond donors (Lipinski definition) is 1. The first kappa shape index (κ1) is 8.27. The van der Waals surface area contributed by atoms with Crippen molar-refractivity contribution in [1.82, 2.24) is 14.9 Å². The predicted octanol–water partition coefficient (Wildman–Crippen LogP) is 1.09. The van der Waals surface area contributed by atoms with E-state index >= 15 is 0 Å². The Labute approximate surface area is 67.4 Å². The van der Waals surface area contributed by atoms with Crippen molar-refractivity contribution in [2.75, 3.05) is 7.05 Å². The highest BCUT2D eigenvalue weighted by Crippen LogP contribution is 2.13. The van der Waals surface area contributed by atoms with Crippen LogP contribution in [0.2, 0.25) is 0 Å². The van der Waals surface area contributed by atoms with Gasteiger partial charge in [-0.05, 0) is 13.5 Å². The fourth-order valence-corrected chi connectivity index (χ4v) is 1.26. The second kappa shape index (κ2) is 3.53. The van der Waals surface area contributed by atoms with E-state index < -0.39 is 0 Å². The van der Waals surface area contributed by atoms with Crippen LogP contribution in [0.25, 0.3) is 0 Å². The van der Waals surface area contributed by atoms with E-state index in [2.05, 4.69) is 17.2 Å². The van der Waals surface area contributed by atoms with Crippen LogP contribution in [0.3, 0.4) is 0 Å². The van der Waals surface area contributed by atoms with Gasteiger partial charge < -0.3 is 9.88 Å². The number of imidazole rings is 1. The summed E-state index contributed by atoms with van der Waals surface area (Å²) in [6.07, 6.45) is 4.83. The zero-order valence-electron chi connectivity index (χ0n) is 7.33. The molecule has 1 atom stereocenters. The van der Waals surface area contributed by atoms with Crippen molar-refractivity contribution in [2.24, 2.45) is 7.05 Å². The molecule has 0 aliphatic rings. The molecule has 0 aliphatic heterocycles. The van der Waals surface area contributed by atoms with Gasteiger partial charge in [0.15, 0.2) is 0 Å². The van der Waals surface area contributed by atoms with Gasteiger partial charge in [0.2, 0.25) is 0 Å². The van der Waals surface area contributed by atoms with Gasteiger partial charge in [0.1, 0.15) is 0 Å². The first-order valence-electron chi connectivity index (χ1n) is 3.93. The molecule has 62 valence electrons. The molecule has 11 heavy (non-hydrogen) atoms. The second-order valence-electron chi connectivity index (χ2n) is 2.68. The summed E-state index contributed by atoms with van der Waals surface area (Å²) in [6.45, 7) is 2.16. The van der Waals surface area contributed by atoms with Crippen molar-refractivity contribution in [2.45, 2.75) is 19.4 Å². The van der Waals surface area contributed by atoms with Crippen molar-refractivity contribution >= 4 is 0 Å². The Morgan fingerprint density at radius 2 is 2.45 bits per heavy atom. The van der Waals surface area contributed by atoms with Gasteiger partial charge in [0, 0.05) is 19.3 Å². The number of nitrogens with zero attached hydrogens (tertiary/aromatic N) is 2. The lowest BCUT2D eigenvalue weighted by Crippen LogP contribution is -2.17. The van der Waals surface area contributed by atoms with Crippen LogP contribution in [-0.2, 0) is 7.05 Å². The molecule has 1 unspecified atom stereocenters. The summed E-state index contributed by atoms with van der Waals surface area (Å²) in [6, 6.07) is 0.433. The molecule has 1 aromatic rings. The Morgan fingerprint density at radius 1 is 1.73 bits per heavy atom. The summed E-state index contributed by atoms with van der Waals surface area (Å²) in [5.41, 5.74) is 1.25. The molecule has 0 saturated heterocycles. The smallest absolute Gasteiger partial charge is 0.0946 e. The second-order valence-corrected chi connectivity index (χ2v) is 2.68. The minimum Gasteiger partial charge on any atom is -0.336 e. The fourth-order valence-electron chi connectivity index (χ4n) is 1.26. The predicted molar refractivity (Wildman–Crippen MR) is 45.3 cm³/mol. The lowest BCUT2D eigenvalue weighted by Gasteiger charge is -2.13. The van der Waals surface area contributed by atoms with Gasteiger partial charge in [0.25, 0.3) is 0 Å². The molecular formula is C8H15N3. The molecule has 3 nitrogen and oxygen atoms in total. The van der Waals surface area contributed by atoms with E-state index in [1.165, 1.54) is 5.69 Å². The average Bonchev–Trinajstić information content (AvgIpc) is 2.40. The lowest BCUT2D eigenvalue weighted by atomic mass is 10.2. The van der Waals surface area contributed by atoms with Crippen LogP contribution in [0.4, 0.5) is 0 Å². The molecule has 0 radical (unpaired) electrons. The van der Waals surface area contributed by atoms with Crippen molar-refractivity contribution in [3.05, 3.63) is 18.2 Å². The Morgan fingerprint density at radius 3 is 2.82 bits per heavy atom. The monoisotopic (exact) mass is 153 g/mol. The quantitative estimate of drug-likeness (QED) is 0.704. The maximum atomic E-state index is 4.06. The molecule has 1 aromatic heterocycles. The van der Waals surface area contributed by atoms with E-state index in [4.69, 9.17) is 0 Å². The highest BCUT2D eigenvalue weighted by atomic mass is 15.1. The Kier molecular flexibility index (Phi) is 2.65. The lowest BCUT2D eigenvalue weighted by molar-refractivity contribution is 0.542. The third kappa shape index (κ3) is 1.60. The number of rotatable bonds is 3. The normalized spacial score (nSPS) is 13.4.